The van der Waals surface area contributed by atoms with Gasteiger partial charge in [-0.25, -0.2) is 21.6 Å². The Morgan fingerprint density at radius 1 is 1.40 bits per heavy atom. The van der Waals surface area contributed by atoms with Crippen LogP contribution in [-0.4, -0.2) is 28.6 Å². The third-order valence-corrected chi connectivity index (χ3v) is 5.75. The zero-order chi connectivity index (χ0) is 15.0. The number of nitrogens with one attached hydrogen (secondary N) is 1. The number of benzene rings is 1. The van der Waals surface area contributed by atoms with Crippen LogP contribution in [0.2, 0.25) is 0 Å². The lowest BCUT2D eigenvalue weighted by Gasteiger charge is -2.11. The largest absolute Gasteiger partial charge is 0.241 e. The molecule has 106 valence electrons. The Morgan fingerprint density at radius 3 is 2.60 bits per heavy atom. The summed E-state index contributed by atoms with van der Waals surface area (Å²) >= 11 is 0. The molecule has 0 fully saturated rings. The molecule has 1 unspecified atom stereocenters. The Hall–Kier alpha value is -1.69. The van der Waals surface area contributed by atoms with E-state index in [0.717, 1.165) is 5.41 Å². The van der Waals surface area contributed by atoms with Crippen molar-refractivity contribution in [3.63, 3.8) is 0 Å². The molecule has 2 rings (SSSR count). The lowest BCUT2D eigenvalue weighted by atomic mass is 10.1. The van der Waals surface area contributed by atoms with Crippen LogP contribution in [0.15, 0.2) is 34.6 Å². The summed E-state index contributed by atoms with van der Waals surface area (Å²) in [7, 11) is -7.14. The standard InChI is InChI=1S/C12H12N2O4S2/c1-9-6-12(3-2-10(9)7-13)20(17,18)14-11-4-5-19(15,16)8-11/h2-6,11,14H,8H2,1H3. The summed E-state index contributed by atoms with van der Waals surface area (Å²) < 4.78 is 49.1. The summed E-state index contributed by atoms with van der Waals surface area (Å²) in [5, 5.41) is 9.81. The molecule has 1 aromatic rings. The van der Waals surface area contributed by atoms with Gasteiger partial charge in [0.2, 0.25) is 10.0 Å². The molecular weight excluding hydrogens is 300 g/mol. The van der Waals surface area contributed by atoms with Crippen molar-refractivity contribution in [1.82, 2.24) is 4.72 Å². The quantitative estimate of drug-likeness (QED) is 0.873. The Bertz CT molecular complexity index is 818. The molecule has 0 bridgehead atoms. The van der Waals surface area contributed by atoms with E-state index >= 15 is 0 Å². The molecule has 0 spiro atoms. The fourth-order valence-electron chi connectivity index (χ4n) is 1.85. The second-order valence-electron chi connectivity index (χ2n) is 4.47. The summed E-state index contributed by atoms with van der Waals surface area (Å²) in [6, 6.07) is 5.31. The van der Waals surface area contributed by atoms with E-state index in [2.05, 4.69) is 4.72 Å². The maximum atomic E-state index is 12.1. The van der Waals surface area contributed by atoms with Crippen molar-refractivity contribution in [2.45, 2.75) is 17.9 Å². The van der Waals surface area contributed by atoms with Crippen LogP contribution in [0.5, 0.6) is 0 Å². The Kier molecular flexibility index (Phi) is 3.69. The highest BCUT2D eigenvalue weighted by Gasteiger charge is 2.26. The van der Waals surface area contributed by atoms with Gasteiger partial charge in [-0.3, -0.25) is 0 Å². The molecule has 1 aliphatic rings. The van der Waals surface area contributed by atoms with E-state index in [1.165, 1.54) is 24.3 Å². The molecule has 8 heteroatoms. The minimum absolute atomic E-state index is 0.00620. The average molecular weight is 312 g/mol. The van der Waals surface area contributed by atoms with Crippen LogP contribution in [-0.2, 0) is 19.9 Å². The van der Waals surface area contributed by atoms with Crippen LogP contribution in [0.25, 0.3) is 0 Å². The monoisotopic (exact) mass is 312 g/mol. The summed E-state index contributed by atoms with van der Waals surface area (Å²) in [5.41, 5.74) is 0.942. The van der Waals surface area contributed by atoms with Gasteiger partial charge in [0.1, 0.15) is 0 Å². The molecule has 0 aliphatic carbocycles. The van der Waals surface area contributed by atoms with Gasteiger partial charge < -0.3 is 0 Å². The molecule has 1 heterocycles. The van der Waals surface area contributed by atoms with Gasteiger partial charge in [-0.05, 0) is 30.7 Å². The highest BCUT2D eigenvalue weighted by atomic mass is 32.2. The first kappa shape index (κ1) is 14.7. The molecule has 0 saturated heterocycles. The predicted molar refractivity (Wildman–Crippen MR) is 72.9 cm³/mol. The van der Waals surface area contributed by atoms with Gasteiger partial charge in [-0.2, -0.15) is 5.26 Å². The highest BCUT2D eigenvalue weighted by Crippen LogP contribution is 2.17. The van der Waals surface area contributed by atoms with Crippen molar-refractivity contribution in [2.24, 2.45) is 0 Å². The number of rotatable bonds is 3. The number of nitrogens with zero attached hydrogens (tertiary/aromatic N) is 1. The van der Waals surface area contributed by atoms with Crippen LogP contribution >= 0.6 is 0 Å². The average Bonchev–Trinajstić information content (AvgIpc) is 2.67. The van der Waals surface area contributed by atoms with Crippen molar-refractivity contribution in [2.75, 3.05) is 5.75 Å². The van der Waals surface area contributed by atoms with E-state index in [1.807, 2.05) is 6.07 Å². The smallest absolute Gasteiger partial charge is 0.224 e. The predicted octanol–water partition coefficient (Wildman–Crippen LogP) is 0.456. The topological polar surface area (TPSA) is 104 Å². The van der Waals surface area contributed by atoms with Crippen LogP contribution in [0.3, 0.4) is 0 Å². The lowest BCUT2D eigenvalue weighted by Crippen LogP contribution is -2.35. The van der Waals surface area contributed by atoms with Crippen LogP contribution in [0.4, 0.5) is 0 Å². The molecule has 0 radical (unpaired) electrons. The molecule has 0 aromatic heterocycles. The Labute approximate surface area is 117 Å². The van der Waals surface area contributed by atoms with E-state index in [4.69, 9.17) is 5.26 Å². The number of aryl methyl sites for hydroxylation is 1. The number of sulfonamides is 1. The van der Waals surface area contributed by atoms with Crippen molar-refractivity contribution in [3.05, 3.63) is 40.8 Å². The molecule has 1 atom stereocenters. The van der Waals surface area contributed by atoms with E-state index < -0.39 is 25.9 Å². The second-order valence-corrected chi connectivity index (χ2v) is 8.12. The van der Waals surface area contributed by atoms with Crippen molar-refractivity contribution in [3.8, 4) is 6.07 Å². The number of nitriles is 1. The maximum absolute atomic E-state index is 12.1. The lowest BCUT2D eigenvalue weighted by molar-refractivity contribution is 0.574. The van der Waals surface area contributed by atoms with E-state index in [1.54, 1.807) is 6.92 Å². The molecule has 1 aliphatic heterocycles. The minimum atomic E-state index is -3.82. The third-order valence-electron chi connectivity index (χ3n) is 2.87. The molecule has 6 nitrogen and oxygen atoms in total. The SMILES string of the molecule is Cc1cc(S(=O)(=O)NC2C=CS(=O)(=O)C2)ccc1C#N. The van der Waals surface area contributed by atoms with E-state index in [9.17, 15) is 16.8 Å². The number of hydrogen-bond acceptors (Lipinski definition) is 5. The van der Waals surface area contributed by atoms with Gasteiger partial charge in [0, 0.05) is 5.41 Å². The Morgan fingerprint density at radius 2 is 2.10 bits per heavy atom. The van der Waals surface area contributed by atoms with Gasteiger partial charge in [-0.1, -0.05) is 6.08 Å². The minimum Gasteiger partial charge on any atom is -0.224 e. The molecule has 0 saturated carbocycles. The van der Waals surface area contributed by atoms with E-state index in [-0.39, 0.29) is 10.6 Å². The summed E-state index contributed by atoms with van der Waals surface area (Å²) in [6.07, 6.45) is 1.31. The van der Waals surface area contributed by atoms with Gasteiger partial charge in [0.05, 0.1) is 28.3 Å². The van der Waals surface area contributed by atoms with Crippen molar-refractivity contribution in [1.29, 1.82) is 5.26 Å². The third kappa shape index (κ3) is 3.07. The summed E-state index contributed by atoms with van der Waals surface area (Å²) in [6.45, 7) is 1.64. The molecule has 0 amide bonds. The fraction of sp³-hybridized carbons (Fsp3) is 0.250. The molecule has 20 heavy (non-hydrogen) atoms. The first-order chi connectivity index (χ1) is 9.23. The molecule has 1 aromatic carbocycles. The van der Waals surface area contributed by atoms with Gasteiger partial charge in [-0.15, -0.1) is 0 Å². The van der Waals surface area contributed by atoms with E-state index in [0.29, 0.717) is 11.1 Å². The molecular formula is C12H12N2O4S2. The molecule has 1 N–H and O–H groups in total. The highest BCUT2D eigenvalue weighted by molar-refractivity contribution is 7.94. The van der Waals surface area contributed by atoms with Crippen molar-refractivity contribution >= 4 is 19.9 Å². The zero-order valence-corrected chi connectivity index (χ0v) is 12.2. The zero-order valence-electron chi connectivity index (χ0n) is 10.6. The van der Waals surface area contributed by atoms with Gasteiger partial charge in [0.25, 0.3) is 0 Å². The summed E-state index contributed by atoms with van der Waals surface area (Å²) in [4.78, 5) is 0.00620. The second kappa shape index (κ2) is 5.01. The number of sulfone groups is 1. The fourth-order valence-corrected chi connectivity index (χ4v) is 4.46. The number of hydrogen-bond donors (Lipinski definition) is 1. The Balaban J connectivity index is 2.26. The maximum Gasteiger partial charge on any atom is 0.241 e. The summed E-state index contributed by atoms with van der Waals surface area (Å²) in [5.74, 6) is -0.276. The van der Waals surface area contributed by atoms with Crippen LogP contribution in [0, 0.1) is 18.3 Å². The first-order valence-electron chi connectivity index (χ1n) is 5.67. The van der Waals surface area contributed by atoms with Crippen molar-refractivity contribution < 1.29 is 16.8 Å². The van der Waals surface area contributed by atoms with Crippen LogP contribution < -0.4 is 4.72 Å². The van der Waals surface area contributed by atoms with Crippen LogP contribution in [0.1, 0.15) is 11.1 Å². The first-order valence-corrected chi connectivity index (χ1v) is 8.87. The van der Waals surface area contributed by atoms with Gasteiger partial charge in [0.15, 0.2) is 9.84 Å². The normalized spacial score (nSPS) is 20.7. The van der Waals surface area contributed by atoms with Gasteiger partial charge >= 0.3 is 0 Å².